The van der Waals surface area contributed by atoms with Crippen LogP contribution in [-0.2, 0) is 4.74 Å². The number of rotatable bonds is 6. The van der Waals surface area contributed by atoms with Crippen LogP contribution in [0.5, 0.6) is 0 Å². The molecular weight excluding hydrogens is 339 g/mol. The number of nitrogens with one attached hydrogen (secondary N) is 2. The maximum Gasteiger partial charge on any atom is 0.270 e. The number of benzene rings is 1. The first-order valence-electron chi connectivity index (χ1n) is 6.85. The number of aromatic nitrogens is 2. The molecule has 2 N–H and O–H groups in total. The molecule has 0 aliphatic carbocycles. The number of amides is 1. The highest BCUT2D eigenvalue weighted by Crippen LogP contribution is 2.30. The van der Waals surface area contributed by atoms with Gasteiger partial charge in [0.05, 0.1) is 22.3 Å². The van der Waals surface area contributed by atoms with Crippen LogP contribution in [0.1, 0.15) is 16.2 Å². The quantitative estimate of drug-likeness (QED) is 0.779. The Bertz CT molecular complexity index is 710. The number of nitrogens with zero attached hydrogens (tertiary/aromatic N) is 2. The SMILES string of the molecule is COCCNC(=O)c1cc(C)nc(Nc2cccc(Cl)c2Cl)n1. The highest BCUT2D eigenvalue weighted by molar-refractivity contribution is 6.43. The van der Waals surface area contributed by atoms with E-state index in [1.54, 1.807) is 38.3 Å². The van der Waals surface area contributed by atoms with Gasteiger partial charge in [-0.05, 0) is 25.1 Å². The van der Waals surface area contributed by atoms with Gasteiger partial charge >= 0.3 is 0 Å². The molecule has 0 radical (unpaired) electrons. The van der Waals surface area contributed by atoms with Crippen molar-refractivity contribution < 1.29 is 9.53 Å². The van der Waals surface area contributed by atoms with Crippen LogP contribution in [0.15, 0.2) is 24.3 Å². The van der Waals surface area contributed by atoms with Gasteiger partial charge in [-0.15, -0.1) is 0 Å². The van der Waals surface area contributed by atoms with Crippen LogP contribution in [-0.4, -0.2) is 36.1 Å². The highest BCUT2D eigenvalue weighted by atomic mass is 35.5. The third-order valence-electron chi connectivity index (χ3n) is 2.88. The van der Waals surface area contributed by atoms with Crippen molar-refractivity contribution in [3.63, 3.8) is 0 Å². The monoisotopic (exact) mass is 354 g/mol. The Hall–Kier alpha value is -1.89. The van der Waals surface area contributed by atoms with Gasteiger partial charge in [0.2, 0.25) is 5.95 Å². The molecule has 0 bridgehead atoms. The van der Waals surface area contributed by atoms with Crippen LogP contribution in [0.2, 0.25) is 10.0 Å². The van der Waals surface area contributed by atoms with Gasteiger partial charge < -0.3 is 15.4 Å². The van der Waals surface area contributed by atoms with Crippen LogP contribution in [0.25, 0.3) is 0 Å². The van der Waals surface area contributed by atoms with Crippen molar-refractivity contribution in [2.24, 2.45) is 0 Å². The Labute approximate surface area is 144 Å². The molecular formula is C15H16Cl2N4O2. The topological polar surface area (TPSA) is 76.1 Å². The number of hydrogen-bond donors (Lipinski definition) is 2. The van der Waals surface area contributed by atoms with Gasteiger partial charge in [-0.2, -0.15) is 0 Å². The van der Waals surface area contributed by atoms with Crippen LogP contribution < -0.4 is 10.6 Å². The second kappa shape index (κ2) is 8.10. The second-order valence-electron chi connectivity index (χ2n) is 4.69. The normalized spacial score (nSPS) is 10.4. The van der Waals surface area contributed by atoms with E-state index >= 15 is 0 Å². The lowest BCUT2D eigenvalue weighted by Gasteiger charge is -2.10. The van der Waals surface area contributed by atoms with Crippen LogP contribution in [0, 0.1) is 6.92 Å². The lowest BCUT2D eigenvalue weighted by molar-refractivity contribution is 0.0932. The molecule has 0 unspecified atom stereocenters. The molecule has 23 heavy (non-hydrogen) atoms. The van der Waals surface area contributed by atoms with Gasteiger partial charge in [0.15, 0.2) is 0 Å². The largest absolute Gasteiger partial charge is 0.383 e. The Morgan fingerprint density at radius 1 is 1.30 bits per heavy atom. The molecule has 8 heteroatoms. The molecule has 1 aromatic heterocycles. The first-order valence-corrected chi connectivity index (χ1v) is 7.60. The van der Waals surface area contributed by atoms with Crippen molar-refractivity contribution in [3.8, 4) is 0 Å². The molecule has 2 aromatic rings. The number of methoxy groups -OCH3 is 1. The number of halogens is 2. The van der Waals surface area contributed by atoms with E-state index in [0.29, 0.717) is 34.6 Å². The summed E-state index contributed by atoms with van der Waals surface area (Å²) in [5.41, 5.74) is 1.47. The van der Waals surface area contributed by atoms with Crippen molar-refractivity contribution in [2.75, 3.05) is 25.6 Å². The number of aryl methyl sites for hydroxylation is 1. The predicted octanol–water partition coefficient (Wildman–Crippen LogP) is 3.21. The number of anilines is 2. The lowest BCUT2D eigenvalue weighted by atomic mass is 10.3. The lowest BCUT2D eigenvalue weighted by Crippen LogP contribution is -2.28. The summed E-state index contributed by atoms with van der Waals surface area (Å²) in [4.78, 5) is 20.5. The van der Waals surface area contributed by atoms with Crippen molar-refractivity contribution in [3.05, 3.63) is 45.7 Å². The Balaban J connectivity index is 2.20. The highest BCUT2D eigenvalue weighted by Gasteiger charge is 2.12. The fraction of sp³-hybridized carbons (Fsp3) is 0.267. The van der Waals surface area contributed by atoms with Gasteiger partial charge in [0.25, 0.3) is 5.91 Å². The summed E-state index contributed by atoms with van der Waals surface area (Å²) < 4.78 is 4.89. The average Bonchev–Trinajstić information content (AvgIpc) is 2.51. The molecule has 0 spiro atoms. The van der Waals surface area contributed by atoms with E-state index in [1.807, 2.05) is 0 Å². The molecule has 1 aromatic carbocycles. The molecule has 0 atom stereocenters. The molecule has 1 amide bonds. The first kappa shape index (κ1) is 17.5. The third-order valence-corrected chi connectivity index (χ3v) is 3.70. The number of carbonyl (C=O) groups is 1. The average molecular weight is 355 g/mol. The standard InChI is InChI=1S/C15H16Cl2N4O2/c1-9-8-12(14(22)18-6-7-23-2)21-15(19-9)20-11-5-3-4-10(16)13(11)17/h3-5,8H,6-7H2,1-2H3,(H,18,22)(H,19,20,21). The molecule has 0 aliphatic rings. The zero-order valence-electron chi connectivity index (χ0n) is 12.7. The van der Waals surface area contributed by atoms with E-state index in [0.717, 1.165) is 0 Å². The molecule has 2 rings (SSSR count). The van der Waals surface area contributed by atoms with E-state index < -0.39 is 0 Å². The van der Waals surface area contributed by atoms with Crippen molar-refractivity contribution in [2.45, 2.75) is 6.92 Å². The minimum absolute atomic E-state index is 0.259. The maximum atomic E-state index is 12.1. The Morgan fingerprint density at radius 2 is 2.09 bits per heavy atom. The van der Waals surface area contributed by atoms with Gasteiger partial charge in [-0.3, -0.25) is 4.79 Å². The first-order chi connectivity index (χ1) is 11.0. The van der Waals surface area contributed by atoms with Gasteiger partial charge in [-0.25, -0.2) is 9.97 Å². The number of ether oxygens (including phenoxy) is 1. The molecule has 122 valence electrons. The van der Waals surface area contributed by atoms with Gasteiger partial charge in [-0.1, -0.05) is 29.3 Å². The maximum absolute atomic E-state index is 12.1. The zero-order valence-corrected chi connectivity index (χ0v) is 14.2. The van der Waals surface area contributed by atoms with Gasteiger partial charge in [0, 0.05) is 19.3 Å². The van der Waals surface area contributed by atoms with Crippen LogP contribution >= 0.6 is 23.2 Å². The van der Waals surface area contributed by atoms with E-state index in [9.17, 15) is 4.79 Å². The third kappa shape index (κ3) is 4.79. The molecule has 0 fully saturated rings. The van der Waals surface area contributed by atoms with Crippen LogP contribution in [0.4, 0.5) is 11.6 Å². The summed E-state index contributed by atoms with van der Waals surface area (Å²) in [5.74, 6) is -0.0288. The number of hydrogen-bond acceptors (Lipinski definition) is 5. The Morgan fingerprint density at radius 3 is 2.83 bits per heavy atom. The summed E-state index contributed by atoms with van der Waals surface area (Å²) in [6.07, 6.45) is 0. The summed E-state index contributed by atoms with van der Waals surface area (Å²) in [5, 5.41) is 6.47. The minimum Gasteiger partial charge on any atom is -0.383 e. The molecule has 1 heterocycles. The Kier molecular flexibility index (Phi) is 6.15. The molecule has 0 saturated heterocycles. The van der Waals surface area contributed by atoms with E-state index in [4.69, 9.17) is 27.9 Å². The summed E-state index contributed by atoms with van der Waals surface area (Å²) in [6.45, 7) is 2.61. The smallest absolute Gasteiger partial charge is 0.270 e. The van der Waals surface area contributed by atoms with Crippen molar-refractivity contribution >= 4 is 40.7 Å². The number of carbonyl (C=O) groups excluding carboxylic acids is 1. The summed E-state index contributed by atoms with van der Waals surface area (Å²) in [7, 11) is 1.57. The molecule has 0 saturated carbocycles. The second-order valence-corrected chi connectivity index (χ2v) is 5.48. The minimum atomic E-state index is -0.298. The van der Waals surface area contributed by atoms with E-state index in [2.05, 4.69) is 20.6 Å². The molecule has 6 nitrogen and oxygen atoms in total. The van der Waals surface area contributed by atoms with E-state index in [-0.39, 0.29) is 17.5 Å². The van der Waals surface area contributed by atoms with Crippen molar-refractivity contribution in [1.82, 2.24) is 15.3 Å². The fourth-order valence-electron chi connectivity index (χ4n) is 1.82. The summed E-state index contributed by atoms with van der Waals surface area (Å²) >= 11 is 12.1. The van der Waals surface area contributed by atoms with Gasteiger partial charge in [0.1, 0.15) is 5.69 Å². The van der Waals surface area contributed by atoms with Crippen LogP contribution in [0.3, 0.4) is 0 Å². The van der Waals surface area contributed by atoms with Crippen molar-refractivity contribution in [1.29, 1.82) is 0 Å². The fourth-order valence-corrected chi connectivity index (χ4v) is 2.17. The molecule has 0 aliphatic heterocycles. The predicted molar refractivity (Wildman–Crippen MR) is 90.7 cm³/mol. The summed E-state index contributed by atoms with van der Waals surface area (Å²) in [6, 6.07) is 6.79. The van der Waals surface area contributed by atoms with E-state index in [1.165, 1.54) is 0 Å². The zero-order chi connectivity index (χ0) is 16.8.